The molecule has 1 heterocycles. The first-order chi connectivity index (χ1) is 10.4. The fourth-order valence-electron chi connectivity index (χ4n) is 2.48. The van der Waals surface area contributed by atoms with Gasteiger partial charge in [0.1, 0.15) is 0 Å². The number of hydrogen-bond acceptors (Lipinski definition) is 3. The smallest absolute Gasteiger partial charge is 0.191 e. The molecule has 0 saturated heterocycles. The predicted octanol–water partition coefficient (Wildman–Crippen LogP) is 2.21. The number of aromatic nitrogens is 2. The maximum atomic E-state index is 4.61. The van der Waals surface area contributed by atoms with Crippen molar-refractivity contribution >= 4 is 29.9 Å². The molecule has 0 fully saturated rings. The second-order valence-corrected chi connectivity index (χ2v) is 6.07. The van der Waals surface area contributed by atoms with E-state index in [-0.39, 0.29) is 24.0 Å². The highest BCUT2D eigenvalue weighted by Gasteiger charge is 2.12. The Morgan fingerprint density at radius 3 is 2.39 bits per heavy atom. The summed E-state index contributed by atoms with van der Waals surface area (Å²) < 4.78 is 1.80. The minimum atomic E-state index is 0. The summed E-state index contributed by atoms with van der Waals surface area (Å²) in [6, 6.07) is 1.11. The van der Waals surface area contributed by atoms with Gasteiger partial charge in [-0.3, -0.25) is 9.58 Å². The van der Waals surface area contributed by atoms with Crippen molar-refractivity contribution in [1.29, 1.82) is 0 Å². The number of nitrogens with one attached hydrogen (secondary N) is 2. The third-order valence-electron chi connectivity index (χ3n) is 3.51. The van der Waals surface area contributed by atoms with Crippen LogP contribution >= 0.6 is 24.0 Å². The first-order valence-electron chi connectivity index (χ1n) is 8.19. The highest BCUT2D eigenvalue weighted by atomic mass is 127. The summed E-state index contributed by atoms with van der Waals surface area (Å²) >= 11 is 0. The van der Waals surface area contributed by atoms with Crippen molar-refractivity contribution in [1.82, 2.24) is 25.3 Å². The molecule has 0 aromatic carbocycles. The first kappa shape index (κ1) is 22.2. The van der Waals surface area contributed by atoms with E-state index in [0.717, 1.165) is 31.2 Å². The molecule has 0 aliphatic heterocycles. The summed E-state index contributed by atoms with van der Waals surface area (Å²) in [6.07, 6.45) is 3.85. The minimum absolute atomic E-state index is 0. The number of aryl methyl sites for hydroxylation is 1. The molecule has 1 rings (SSSR count). The van der Waals surface area contributed by atoms with Crippen LogP contribution in [0.5, 0.6) is 0 Å². The Kier molecular flexibility index (Phi) is 11.2. The number of hydrogen-bond donors (Lipinski definition) is 2. The lowest BCUT2D eigenvalue weighted by atomic mass is 10.2. The highest BCUT2D eigenvalue weighted by Crippen LogP contribution is 2.03. The van der Waals surface area contributed by atoms with E-state index in [1.807, 2.05) is 19.4 Å². The molecular weight excluding hydrogens is 403 g/mol. The van der Waals surface area contributed by atoms with Crippen molar-refractivity contribution in [2.75, 3.05) is 19.6 Å². The Bertz CT molecular complexity index is 447. The molecular formula is C16H33IN6. The Morgan fingerprint density at radius 2 is 1.91 bits per heavy atom. The molecule has 7 heteroatoms. The van der Waals surface area contributed by atoms with Crippen LogP contribution in [0.4, 0.5) is 0 Å². The van der Waals surface area contributed by atoms with E-state index in [1.165, 1.54) is 0 Å². The van der Waals surface area contributed by atoms with Crippen LogP contribution in [0.15, 0.2) is 17.4 Å². The lowest BCUT2D eigenvalue weighted by Crippen LogP contribution is -2.45. The SMILES string of the molecule is CCNC(=NCc1cnn(C)c1)NCCN(C(C)C)C(C)C.I. The number of halogens is 1. The van der Waals surface area contributed by atoms with Crippen LogP contribution in [0.25, 0.3) is 0 Å². The van der Waals surface area contributed by atoms with E-state index in [0.29, 0.717) is 18.6 Å². The Hall–Kier alpha value is -0.830. The zero-order chi connectivity index (χ0) is 16.5. The van der Waals surface area contributed by atoms with Crippen molar-refractivity contribution in [3.8, 4) is 0 Å². The van der Waals surface area contributed by atoms with Crippen LogP contribution in [0, 0.1) is 0 Å². The van der Waals surface area contributed by atoms with Crippen molar-refractivity contribution in [2.24, 2.45) is 12.0 Å². The Morgan fingerprint density at radius 1 is 1.26 bits per heavy atom. The van der Waals surface area contributed by atoms with Crippen LogP contribution in [0.1, 0.15) is 40.2 Å². The molecule has 0 aliphatic carbocycles. The van der Waals surface area contributed by atoms with Gasteiger partial charge in [0.15, 0.2) is 5.96 Å². The molecule has 0 saturated carbocycles. The normalized spacial score (nSPS) is 12.0. The topological polar surface area (TPSA) is 57.5 Å². The zero-order valence-electron chi connectivity index (χ0n) is 15.3. The molecule has 23 heavy (non-hydrogen) atoms. The maximum absolute atomic E-state index is 4.61. The van der Waals surface area contributed by atoms with Gasteiger partial charge >= 0.3 is 0 Å². The van der Waals surface area contributed by atoms with E-state index in [9.17, 15) is 0 Å². The van der Waals surface area contributed by atoms with Crippen molar-refractivity contribution in [3.05, 3.63) is 18.0 Å². The van der Waals surface area contributed by atoms with Crippen molar-refractivity contribution < 1.29 is 0 Å². The third kappa shape index (κ3) is 8.55. The standard InChI is InChI=1S/C16H32N6.HI/c1-7-17-16(19-10-15-11-20-21(6)12-15)18-8-9-22(13(2)3)14(4)5;/h11-14H,7-10H2,1-6H3,(H2,17,18,19);1H. The second kappa shape index (κ2) is 11.7. The van der Waals surface area contributed by atoms with Crippen LogP contribution in [0.3, 0.4) is 0 Å². The van der Waals surface area contributed by atoms with Gasteiger partial charge in [0.2, 0.25) is 0 Å². The molecule has 0 radical (unpaired) electrons. The molecule has 6 nitrogen and oxygen atoms in total. The highest BCUT2D eigenvalue weighted by molar-refractivity contribution is 14.0. The fraction of sp³-hybridized carbons (Fsp3) is 0.750. The summed E-state index contributed by atoms with van der Waals surface area (Å²) in [7, 11) is 1.92. The average molecular weight is 436 g/mol. The van der Waals surface area contributed by atoms with Gasteiger partial charge in [-0.2, -0.15) is 5.10 Å². The number of rotatable bonds is 8. The molecule has 0 aliphatic rings. The van der Waals surface area contributed by atoms with E-state index < -0.39 is 0 Å². The fourth-order valence-corrected chi connectivity index (χ4v) is 2.48. The molecule has 1 aromatic heterocycles. The van der Waals surface area contributed by atoms with Crippen LogP contribution in [0.2, 0.25) is 0 Å². The third-order valence-corrected chi connectivity index (χ3v) is 3.51. The van der Waals surface area contributed by atoms with Gasteiger partial charge in [0.05, 0.1) is 12.7 Å². The van der Waals surface area contributed by atoms with Gasteiger partial charge in [0, 0.05) is 50.5 Å². The predicted molar refractivity (Wildman–Crippen MR) is 108 cm³/mol. The summed E-state index contributed by atoms with van der Waals surface area (Å²) in [5.41, 5.74) is 1.12. The number of nitrogens with zero attached hydrogens (tertiary/aromatic N) is 4. The van der Waals surface area contributed by atoms with E-state index in [1.54, 1.807) is 4.68 Å². The van der Waals surface area contributed by atoms with E-state index in [4.69, 9.17) is 0 Å². The molecule has 0 amide bonds. The van der Waals surface area contributed by atoms with Crippen molar-refractivity contribution in [3.63, 3.8) is 0 Å². The van der Waals surface area contributed by atoms with Gasteiger partial charge in [-0.25, -0.2) is 4.99 Å². The lowest BCUT2D eigenvalue weighted by Gasteiger charge is -2.30. The zero-order valence-corrected chi connectivity index (χ0v) is 17.7. The van der Waals surface area contributed by atoms with Crippen molar-refractivity contribution in [2.45, 2.75) is 53.2 Å². The van der Waals surface area contributed by atoms with Gasteiger partial charge in [-0.1, -0.05) is 0 Å². The average Bonchev–Trinajstić information content (AvgIpc) is 2.85. The lowest BCUT2D eigenvalue weighted by molar-refractivity contribution is 0.178. The summed E-state index contributed by atoms with van der Waals surface area (Å²) in [5.74, 6) is 0.860. The molecule has 1 aromatic rings. The van der Waals surface area contributed by atoms with Crippen LogP contribution in [-0.4, -0.2) is 52.4 Å². The molecule has 0 unspecified atom stereocenters. The van der Waals surface area contributed by atoms with Crippen LogP contribution in [-0.2, 0) is 13.6 Å². The van der Waals surface area contributed by atoms with Gasteiger partial charge in [-0.05, 0) is 34.6 Å². The largest absolute Gasteiger partial charge is 0.357 e. The second-order valence-electron chi connectivity index (χ2n) is 6.07. The summed E-state index contributed by atoms with van der Waals surface area (Å²) in [4.78, 5) is 7.08. The van der Waals surface area contributed by atoms with Gasteiger partial charge in [0.25, 0.3) is 0 Å². The molecule has 134 valence electrons. The first-order valence-corrected chi connectivity index (χ1v) is 8.19. The molecule has 0 bridgehead atoms. The Balaban J connectivity index is 0.00000484. The number of guanidine groups is 1. The molecule has 2 N–H and O–H groups in total. The maximum Gasteiger partial charge on any atom is 0.191 e. The summed E-state index contributed by atoms with van der Waals surface area (Å²) in [6.45, 7) is 14.4. The van der Waals surface area contributed by atoms with Gasteiger partial charge in [-0.15, -0.1) is 24.0 Å². The van der Waals surface area contributed by atoms with Gasteiger partial charge < -0.3 is 10.6 Å². The van der Waals surface area contributed by atoms with Crippen LogP contribution < -0.4 is 10.6 Å². The molecule has 0 atom stereocenters. The monoisotopic (exact) mass is 436 g/mol. The number of aliphatic imine (C=N–C) groups is 1. The quantitative estimate of drug-likeness (QED) is 0.373. The summed E-state index contributed by atoms with van der Waals surface area (Å²) in [5, 5.41) is 10.9. The van der Waals surface area contributed by atoms with E-state index in [2.05, 4.69) is 60.2 Å². The van der Waals surface area contributed by atoms with E-state index >= 15 is 0 Å². The molecule has 0 spiro atoms. The Labute approximate surface area is 158 Å². The minimum Gasteiger partial charge on any atom is -0.357 e.